The first-order valence-corrected chi connectivity index (χ1v) is 8.56. The van der Waals surface area contributed by atoms with E-state index in [0.29, 0.717) is 12.0 Å². The zero-order valence-corrected chi connectivity index (χ0v) is 14.1. The molecule has 6 nitrogen and oxygen atoms in total. The molecule has 1 saturated heterocycles. The molecule has 2 aromatic heterocycles. The van der Waals surface area contributed by atoms with Gasteiger partial charge in [0, 0.05) is 38.1 Å². The maximum Gasteiger partial charge on any atom is 0.222 e. The Labute approximate surface area is 137 Å². The summed E-state index contributed by atoms with van der Waals surface area (Å²) in [6.45, 7) is 5.22. The third-order valence-electron chi connectivity index (χ3n) is 4.38. The van der Waals surface area contributed by atoms with Crippen LogP contribution in [0.1, 0.15) is 49.9 Å². The molecule has 0 spiro atoms. The van der Waals surface area contributed by atoms with Gasteiger partial charge in [0.2, 0.25) is 5.95 Å². The van der Waals surface area contributed by atoms with Gasteiger partial charge in [-0.25, -0.2) is 9.97 Å². The molecular formula is C17H26N6. The molecule has 1 N–H and O–H groups in total. The summed E-state index contributed by atoms with van der Waals surface area (Å²) >= 11 is 0. The maximum atomic E-state index is 4.66. The Kier molecular flexibility index (Phi) is 5.23. The fraction of sp³-hybridized carbons (Fsp3) is 0.588. The summed E-state index contributed by atoms with van der Waals surface area (Å²) in [5, 5.41) is 7.49. The summed E-state index contributed by atoms with van der Waals surface area (Å²) in [7, 11) is 1.86. The first kappa shape index (κ1) is 15.9. The molecule has 2 aromatic rings. The predicted molar refractivity (Wildman–Crippen MR) is 91.1 cm³/mol. The van der Waals surface area contributed by atoms with Crippen LogP contribution in [-0.2, 0) is 13.1 Å². The van der Waals surface area contributed by atoms with E-state index in [0.717, 1.165) is 38.2 Å². The first-order chi connectivity index (χ1) is 11.3. The van der Waals surface area contributed by atoms with Crippen molar-refractivity contribution in [1.29, 1.82) is 0 Å². The smallest absolute Gasteiger partial charge is 0.222 e. The van der Waals surface area contributed by atoms with E-state index in [1.54, 1.807) is 0 Å². The van der Waals surface area contributed by atoms with Crippen LogP contribution >= 0.6 is 0 Å². The quantitative estimate of drug-likeness (QED) is 0.888. The lowest BCUT2D eigenvalue weighted by atomic mass is 9.98. The number of nitrogens with one attached hydrogen (secondary N) is 1. The predicted octanol–water partition coefficient (Wildman–Crippen LogP) is 2.85. The van der Waals surface area contributed by atoms with E-state index in [2.05, 4.69) is 38.4 Å². The van der Waals surface area contributed by atoms with Crippen LogP contribution in [-0.4, -0.2) is 38.2 Å². The second-order valence-corrected chi connectivity index (χ2v) is 6.15. The van der Waals surface area contributed by atoms with Crippen LogP contribution in [0.15, 0.2) is 24.7 Å². The molecule has 0 aliphatic carbocycles. The molecule has 23 heavy (non-hydrogen) atoms. The van der Waals surface area contributed by atoms with Crippen LogP contribution in [0, 0.1) is 0 Å². The van der Waals surface area contributed by atoms with Crippen molar-refractivity contribution in [2.75, 3.05) is 18.9 Å². The molecule has 0 saturated carbocycles. The molecule has 6 heteroatoms. The number of anilines is 1. The Morgan fingerprint density at radius 3 is 3.09 bits per heavy atom. The minimum absolute atomic E-state index is 0.369. The third-order valence-corrected chi connectivity index (χ3v) is 4.38. The average Bonchev–Trinajstić information content (AvgIpc) is 3.03. The number of hydrogen-bond donors (Lipinski definition) is 1. The number of hydrogen-bond acceptors (Lipinski definition) is 5. The number of rotatable bonds is 6. The molecule has 0 radical (unpaired) electrons. The molecule has 124 valence electrons. The van der Waals surface area contributed by atoms with Crippen molar-refractivity contribution in [2.45, 2.75) is 51.7 Å². The van der Waals surface area contributed by atoms with Crippen LogP contribution in [0.3, 0.4) is 0 Å². The average molecular weight is 314 g/mol. The van der Waals surface area contributed by atoms with E-state index in [4.69, 9.17) is 0 Å². The summed E-state index contributed by atoms with van der Waals surface area (Å²) in [4.78, 5) is 11.4. The molecule has 0 unspecified atom stereocenters. The number of likely N-dealkylation sites (tertiary alicyclic amines) is 1. The van der Waals surface area contributed by atoms with E-state index in [1.165, 1.54) is 18.4 Å². The van der Waals surface area contributed by atoms with Crippen LogP contribution in [0.4, 0.5) is 5.95 Å². The van der Waals surface area contributed by atoms with E-state index in [9.17, 15) is 0 Å². The maximum absolute atomic E-state index is 4.66. The molecule has 1 fully saturated rings. The monoisotopic (exact) mass is 314 g/mol. The number of aromatic nitrogens is 4. The Balaban J connectivity index is 1.75. The summed E-state index contributed by atoms with van der Waals surface area (Å²) in [5.74, 6) is 0.698. The zero-order chi connectivity index (χ0) is 16.1. The second-order valence-electron chi connectivity index (χ2n) is 6.15. The zero-order valence-electron chi connectivity index (χ0n) is 14.1. The Morgan fingerprint density at radius 2 is 2.26 bits per heavy atom. The largest absolute Gasteiger partial charge is 0.357 e. The van der Waals surface area contributed by atoms with Gasteiger partial charge in [-0.3, -0.25) is 9.58 Å². The molecule has 0 amide bonds. The molecule has 3 rings (SSSR count). The second kappa shape index (κ2) is 7.55. The molecule has 3 heterocycles. The first-order valence-electron chi connectivity index (χ1n) is 8.56. The number of piperidine rings is 1. The molecule has 1 aliphatic rings. The Bertz CT molecular complexity index is 623. The van der Waals surface area contributed by atoms with Gasteiger partial charge in [0.05, 0.1) is 17.9 Å². The van der Waals surface area contributed by atoms with Gasteiger partial charge in [0.15, 0.2) is 0 Å². The summed E-state index contributed by atoms with van der Waals surface area (Å²) in [6.07, 6.45) is 10.8. The van der Waals surface area contributed by atoms with Gasteiger partial charge in [-0.05, 0) is 31.9 Å². The van der Waals surface area contributed by atoms with Gasteiger partial charge < -0.3 is 5.32 Å². The summed E-state index contributed by atoms with van der Waals surface area (Å²) in [5.41, 5.74) is 2.40. The highest BCUT2D eigenvalue weighted by Gasteiger charge is 2.25. The van der Waals surface area contributed by atoms with Crippen molar-refractivity contribution in [1.82, 2.24) is 24.6 Å². The van der Waals surface area contributed by atoms with Crippen molar-refractivity contribution < 1.29 is 0 Å². The molecule has 0 bridgehead atoms. The van der Waals surface area contributed by atoms with Crippen molar-refractivity contribution in [3.8, 4) is 0 Å². The molecular weight excluding hydrogens is 288 g/mol. The van der Waals surface area contributed by atoms with Crippen LogP contribution in [0.2, 0.25) is 0 Å². The number of aryl methyl sites for hydroxylation is 1. The van der Waals surface area contributed by atoms with Gasteiger partial charge in [-0.2, -0.15) is 5.10 Å². The van der Waals surface area contributed by atoms with Gasteiger partial charge in [-0.1, -0.05) is 13.3 Å². The lowest BCUT2D eigenvalue weighted by Crippen LogP contribution is -2.33. The number of nitrogens with zero attached hydrogens (tertiary/aromatic N) is 5. The van der Waals surface area contributed by atoms with E-state index in [-0.39, 0.29) is 0 Å². The standard InChI is InChI=1S/C17H26N6/c1-3-9-23-13-14(11-20-23)12-22-10-5-4-6-16(22)15-7-8-19-17(18-2)21-15/h7-8,11,13,16H,3-6,9-10,12H2,1-2H3,(H,18,19,21)/t16-/m0/s1. The lowest BCUT2D eigenvalue weighted by molar-refractivity contribution is 0.137. The Morgan fingerprint density at radius 1 is 1.35 bits per heavy atom. The highest BCUT2D eigenvalue weighted by molar-refractivity contribution is 5.25. The van der Waals surface area contributed by atoms with Crippen LogP contribution in [0.5, 0.6) is 0 Å². The fourth-order valence-electron chi connectivity index (χ4n) is 3.27. The van der Waals surface area contributed by atoms with Crippen LogP contribution < -0.4 is 5.32 Å². The molecule has 0 aromatic carbocycles. The van der Waals surface area contributed by atoms with Crippen LogP contribution in [0.25, 0.3) is 0 Å². The minimum Gasteiger partial charge on any atom is -0.357 e. The van der Waals surface area contributed by atoms with Gasteiger partial charge in [-0.15, -0.1) is 0 Å². The third kappa shape index (κ3) is 3.88. The van der Waals surface area contributed by atoms with E-state index < -0.39 is 0 Å². The van der Waals surface area contributed by atoms with Crippen molar-refractivity contribution in [3.05, 3.63) is 35.9 Å². The fourth-order valence-corrected chi connectivity index (χ4v) is 3.27. The molecule has 1 aliphatic heterocycles. The summed E-state index contributed by atoms with van der Waals surface area (Å²) in [6, 6.07) is 2.41. The Hall–Kier alpha value is -1.95. The van der Waals surface area contributed by atoms with E-state index >= 15 is 0 Å². The highest BCUT2D eigenvalue weighted by atomic mass is 15.3. The van der Waals surface area contributed by atoms with E-state index in [1.807, 2.05) is 30.2 Å². The topological polar surface area (TPSA) is 58.9 Å². The molecule has 1 atom stereocenters. The van der Waals surface area contributed by atoms with Crippen molar-refractivity contribution >= 4 is 5.95 Å². The van der Waals surface area contributed by atoms with Gasteiger partial charge >= 0.3 is 0 Å². The minimum atomic E-state index is 0.369. The lowest BCUT2D eigenvalue weighted by Gasteiger charge is -2.35. The normalized spacial score (nSPS) is 19.0. The highest BCUT2D eigenvalue weighted by Crippen LogP contribution is 2.31. The SMILES string of the molecule is CCCn1cc(CN2CCCC[C@H]2c2ccnc(NC)n2)cn1. The van der Waals surface area contributed by atoms with Crippen molar-refractivity contribution in [2.24, 2.45) is 0 Å². The van der Waals surface area contributed by atoms with Gasteiger partial charge in [0.1, 0.15) is 0 Å². The van der Waals surface area contributed by atoms with Gasteiger partial charge in [0.25, 0.3) is 0 Å². The van der Waals surface area contributed by atoms with Crippen molar-refractivity contribution in [3.63, 3.8) is 0 Å². The summed E-state index contributed by atoms with van der Waals surface area (Å²) < 4.78 is 2.04.